The van der Waals surface area contributed by atoms with Crippen LogP contribution in [-0.4, -0.2) is 49.9 Å². The zero-order valence-corrected chi connectivity index (χ0v) is 18.8. The third-order valence-electron chi connectivity index (χ3n) is 6.17. The van der Waals surface area contributed by atoms with Crippen molar-refractivity contribution in [3.8, 4) is 11.3 Å². The number of anilines is 4. The molecule has 1 amide bonds. The molecule has 0 aromatic carbocycles. The zero-order valence-electron chi connectivity index (χ0n) is 21.8. The zero-order chi connectivity index (χ0) is 26.6. The van der Waals surface area contributed by atoms with E-state index in [-0.39, 0.29) is 29.5 Å². The first-order valence-electron chi connectivity index (χ1n) is 12.3. The fraction of sp³-hybridized carbons (Fsp3) is 0.391. The summed E-state index contributed by atoms with van der Waals surface area (Å²) < 4.78 is 35.8. The van der Waals surface area contributed by atoms with E-state index in [9.17, 15) is 14.0 Å². The highest BCUT2D eigenvalue weighted by atomic mass is 19.1. The standard InChI is InChI=1S/C23H25FN8O2/c1-5-17(33)14-10-26-18(28-23(34)13-8-15(13)24)9-16(14)27-22-21-12(6-7-25-22)20-19(11(2)31(21)3)29-32(4)30-20/h6-7,9-11,13,15H,5,8H2,1-4H3,(H2,25,26,27,28,34)/t11-,13+,15-/m1/s1/i1D3. The molecule has 34 heavy (non-hydrogen) atoms. The van der Waals surface area contributed by atoms with Crippen LogP contribution in [0.1, 0.15) is 52.8 Å². The first kappa shape index (κ1) is 18.5. The highest BCUT2D eigenvalue weighted by molar-refractivity contribution is 6.03. The van der Waals surface area contributed by atoms with Gasteiger partial charge in [-0.3, -0.25) is 9.59 Å². The molecule has 1 aliphatic carbocycles. The van der Waals surface area contributed by atoms with Crippen molar-refractivity contribution in [3.05, 3.63) is 35.8 Å². The Bertz CT molecular complexity index is 1410. The topological polar surface area (TPSA) is 118 Å². The average molecular weight is 468 g/mol. The van der Waals surface area contributed by atoms with Crippen LogP contribution in [0.15, 0.2) is 24.5 Å². The SMILES string of the molecule is [2H]C([2H])([2H])CC(=O)c1cnc(NC(=O)[C@H]2C[C@H]2F)cc1Nc1nccc2c1N(C)[C@H](C)c1nn(C)nc1-2. The highest BCUT2D eigenvalue weighted by Crippen LogP contribution is 2.45. The molecule has 10 nitrogen and oxygen atoms in total. The summed E-state index contributed by atoms with van der Waals surface area (Å²) in [6.07, 6.45) is 1.07. The summed E-state index contributed by atoms with van der Waals surface area (Å²) in [6.45, 7) is -0.500. The van der Waals surface area contributed by atoms with Crippen LogP contribution in [0.4, 0.5) is 27.4 Å². The lowest BCUT2D eigenvalue weighted by Crippen LogP contribution is -2.27. The third-order valence-corrected chi connectivity index (χ3v) is 6.17. The second kappa shape index (κ2) is 8.15. The molecular formula is C23H25FN8O2. The maximum atomic E-state index is 13.3. The van der Waals surface area contributed by atoms with Crippen LogP contribution in [0.5, 0.6) is 0 Å². The largest absolute Gasteiger partial charge is 0.363 e. The lowest BCUT2D eigenvalue weighted by molar-refractivity contribution is -0.117. The fourth-order valence-electron chi connectivity index (χ4n) is 4.09. The summed E-state index contributed by atoms with van der Waals surface area (Å²) in [7, 11) is 3.63. The molecule has 3 atom stereocenters. The van der Waals surface area contributed by atoms with Gasteiger partial charge in [0.05, 0.1) is 28.9 Å². The highest BCUT2D eigenvalue weighted by Gasteiger charge is 2.43. The number of nitrogens with zero attached hydrogens (tertiary/aromatic N) is 6. The number of pyridine rings is 2. The molecule has 3 aromatic heterocycles. The van der Waals surface area contributed by atoms with Gasteiger partial charge in [-0.25, -0.2) is 14.4 Å². The van der Waals surface area contributed by atoms with Gasteiger partial charge in [0.15, 0.2) is 11.6 Å². The van der Waals surface area contributed by atoms with Gasteiger partial charge >= 0.3 is 0 Å². The number of carbonyl (C=O) groups is 2. The number of hydrogen-bond donors (Lipinski definition) is 2. The maximum Gasteiger partial charge on any atom is 0.231 e. The van der Waals surface area contributed by atoms with Crippen LogP contribution in [0, 0.1) is 5.92 Å². The Morgan fingerprint density at radius 3 is 2.82 bits per heavy atom. The Morgan fingerprint density at radius 2 is 2.09 bits per heavy atom. The van der Waals surface area contributed by atoms with E-state index in [0.717, 1.165) is 11.3 Å². The number of aryl methyl sites for hydroxylation is 1. The van der Waals surface area contributed by atoms with Crippen LogP contribution >= 0.6 is 0 Å². The van der Waals surface area contributed by atoms with E-state index in [4.69, 9.17) is 4.11 Å². The number of amides is 1. The second-order valence-electron chi connectivity index (χ2n) is 8.45. The molecule has 11 heteroatoms. The number of hydrogen-bond acceptors (Lipinski definition) is 8. The van der Waals surface area contributed by atoms with Crippen molar-refractivity contribution in [3.63, 3.8) is 0 Å². The Balaban J connectivity index is 1.55. The third kappa shape index (κ3) is 3.66. The number of alkyl halides is 1. The first-order valence-corrected chi connectivity index (χ1v) is 10.8. The molecule has 1 fully saturated rings. The van der Waals surface area contributed by atoms with Crippen LogP contribution in [0.25, 0.3) is 11.3 Å². The predicted octanol–water partition coefficient (Wildman–Crippen LogP) is 3.42. The summed E-state index contributed by atoms with van der Waals surface area (Å²) in [5.41, 5.74) is 3.23. The molecule has 5 rings (SSSR count). The lowest BCUT2D eigenvalue weighted by atomic mass is 9.98. The lowest BCUT2D eigenvalue weighted by Gasteiger charge is -2.33. The first-order chi connectivity index (χ1) is 17.4. The van der Waals surface area contributed by atoms with Crippen molar-refractivity contribution in [2.45, 2.75) is 38.8 Å². The molecule has 0 unspecified atom stereocenters. The molecular weight excluding hydrogens is 439 g/mol. The van der Waals surface area contributed by atoms with E-state index < -0.39 is 37.1 Å². The number of rotatable bonds is 6. The normalized spacial score (nSPS) is 22.1. The molecule has 0 bridgehead atoms. The Hall–Kier alpha value is -3.89. The minimum absolute atomic E-state index is 0.0232. The van der Waals surface area contributed by atoms with Crippen molar-refractivity contribution < 1.29 is 18.1 Å². The van der Waals surface area contributed by atoms with E-state index >= 15 is 0 Å². The average Bonchev–Trinajstić information content (AvgIpc) is 3.42. The van der Waals surface area contributed by atoms with Crippen molar-refractivity contribution in [2.24, 2.45) is 13.0 Å². The second-order valence-corrected chi connectivity index (χ2v) is 8.45. The summed E-state index contributed by atoms with van der Waals surface area (Å²) in [5.74, 6) is -1.40. The minimum atomic E-state index is -2.48. The molecule has 3 aromatic rings. The molecule has 1 saturated carbocycles. The van der Waals surface area contributed by atoms with Crippen molar-refractivity contribution >= 4 is 34.7 Å². The quantitative estimate of drug-likeness (QED) is 0.530. The molecule has 2 N–H and O–H groups in total. The Morgan fingerprint density at radius 1 is 1.29 bits per heavy atom. The number of halogens is 1. The Kier molecular flexibility index (Phi) is 4.44. The molecule has 1 aliphatic heterocycles. The number of nitrogens with one attached hydrogen (secondary N) is 2. The van der Waals surface area contributed by atoms with E-state index in [1.807, 2.05) is 24.9 Å². The van der Waals surface area contributed by atoms with Gasteiger partial charge in [-0.05, 0) is 19.4 Å². The minimum Gasteiger partial charge on any atom is -0.363 e. The van der Waals surface area contributed by atoms with Gasteiger partial charge in [0, 0.05) is 48.7 Å². The molecule has 0 radical (unpaired) electrons. The van der Waals surface area contributed by atoms with Crippen LogP contribution in [0.3, 0.4) is 0 Å². The van der Waals surface area contributed by atoms with Crippen LogP contribution < -0.4 is 15.5 Å². The van der Waals surface area contributed by atoms with Crippen LogP contribution in [-0.2, 0) is 11.8 Å². The number of carbonyl (C=O) groups excluding carboxylic acids is 2. The molecule has 0 saturated heterocycles. The van der Waals surface area contributed by atoms with E-state index in [1.165, 1.54) is 17.1 Å². The van der Waals surface area contributed by atoms with Gasteiger partial charge in [-0.2, -0.15) is 15.0 Å². The van der Waals surface area contributed by atoms with E-state index in [2.05, 4.69) is 30.8 Å². The molecule has 0 spiro atoms. The summed E-state index contributed by atoms with van der Waals surface area (Å²) in [5, 5.41) is 14.7. The number of ketones is 1. The Labute approximate surface area is 199 Å². The number of fused-ring (bicyclic) bond motifs is 3. The van der Waals surface area contributed by atoms with Gasteiger partial charge < -0.3 is 15.5 Å². The fourth-order valence-corrected chi connectivity index (χ4v) is 4.09. The van der Waals surface area contributed by atoms with Crippen molar-refractivity contribution in [2.75, 3.05) is 22.6 Å². The van der Waals surface area contributed by atoms with Gasteiger partial charge in [0.1, 0.15) is 23.4 Å². The van der Waals surface area contributed by atoms with E-state index in [1.54, 1.807) is 13.2 Å². The van der Waals surface area contributed by atoms with Gasteiger partial charge in [-0.1, -0.05) is 6.85 Å². The summed E-state index contributed by atoms with van der Waals surface area (Å²) in [4.78, 5) is 37.2. The van der Waals surface area contributed by atoms with Crippen molar-refractivity contribution in [1.82, 2.24) is 25.0 Å². The monoisotopic (exact) mass is 467 g/mol. The van der Waals surface area contributed by atoms with Gasteiger partial charge in [-0.15, -0.1) is 0 Å². The summed E-state index contributed by atoms with van der Waals surface area (Å²) >= 11 is 0. The van der Waals surface area contributed by atoms with Crippen LogP contribution in [0.2, 0.25) is 0 Å². The predicted molar refractivity (Wildman–Crippen MR) is 125 cm³/mol. The van der Waals surface area contributed by atoms with E-state index in [0.29, 0.717) is 17.2 Å². The van der Waals surface area contributed by atoms with Crippen molar-refractivity contribution in [1.29, 1.82) is 0 Å². The maximum absolute atomic E-state index is 13.3. The summed E-state index contributed by atoms with van der Waals surface area (Å²) in [6, 6.07) is 3.11. The molecule has 176 valence electrons. The smallest absolute Gasteiger partial charge is 0.231 e. The van der Waals surface area contributed by atoms with Gasteiger partial charge in [0.2, 0.25) is 5.91 Å². The number of Topliss-reactive ketones (excluding diaryl/α,β-unsaturated/α-hetero) is 1. The molecule has 2 aliphatic rings. The molecule has 4 heterocycles. The van der Waals surface area contributed by atoms with Gasteiger partial charge in [0.25, 0.3) is 0 Å². The number of aromatic nitrogens is 5.